The quantitative estimate of drug-likeness (QED) is 0.591. The highest BCUT2D eigenvalue weighted by Crippen LogP contribution is 2.32. The second-order valence-corrected chi connectivity index (χ2v) is 5.07. The van der Waals surface area contributed by atoms with Crippen LogP contribution < -0.4 is 0 Å². The molecule has 1 aliphatic rings. The zero-order valence-electron chi connectivity index (χ0n) is 8.55. The van der Waals surface area contributed by atoms with Crippen molar-refractivity contribution in [2.75, 3.05) is 6.54 Å². The SMILES string of the molecule is CC(C)(C)CC1(C)CCN=CO1. The van der Waals surface area contributed by atoms with E-state index in [1.165, 1.54) is 0 Å². The minimum Gasteiger partial charge on any atom is -0.477 e. The maximum absolute atomic E-state index is 5.55. The molecule has 0 bridgehead atoms. The summed E-state index contributed by atoms with van der Waals surface area (Å²) in [5.74, 6) is 0. The van der Waals surface area contributed by atoms with Gasteiger partial charge in [0.15, 0.2) is 6.40 Å². The molecule has 0 aliphatic carbocycles. The maximum Gasteiger partial charge on any atom is 0.170 e. The number of nitrogens with zero attached hydrogens (tertiary/aromatic N) is 1. The van der Waals surface area contributed by atoms with Crippen molar-refractivity contribution >= 4 is 6.40 Å². The third-order valence-corrected chi connectivity index (χ3v) is 2.09. The van der Waals surface area contributed by atoms with E-state index in [1.54, 1.807) is 6.40 Å². The van der Waals surface area contributed by atoms with Crippen molar-refractivity contribution in [3.8, 4) is 0 Å². The lowest BCUT2D eigenvalue weighted by Crippen LogP contribution is -2.36. The molecule has 0 N–H and O–H groups in total. The summed E-state index contributed by atoms with van der Waals surface area (Å²) in [6.07, 6.45) is 3.74. The van der Waals surface area contributed by atoms with Gasteiger partial charge < -0.3 is 4.74 Å². The van der Waals surface area contributed by atoms with Crippen LogP contribution in [0.15, 0.2) is 4.99 Å². The second-order valence-electron chi connectivity index (χ2n) is 5.07. The lowest BCUT2D eigenvalue weighted by Gasteiger charge is -2.36. The molecule has 1 atom stereocenters. The summed E-state index contributed by atoms with van der Waals surface area (Å²) in [6, 6.07) is 0. The normalized spacial score (nSPS) is 30.0. The zero-order valence-corrected chi connectivity index (χ0v) is 8.55. The maximum atomic E-state index is 5.55. The number of rotatable bonds is 1. The molecule has 1 unspecified atom stereocenters. The smallest absolute Gasteiger partial charge is 0.170 e. The minimum absolute atomic E-state index is 0.0139. The highest BCUT2D eigenvalue weighted by atomic mass is 16.5. The Morgan fingerprint density at radius 1 is 1.50 bits per heavy atom. The molecule has 12 heavy (non-hydrogen) atoms. The zero-order chi connectivity index (χ0) is 9.24. The fourth-order valence-corrected chi connectivity index (χ4v) is 1.83. The Bertz CT molecular complexity index is 181. The summed E-state index contributed by atoms with van der Waals surface area (Å²) in [4.78, 5) is 4.06. The van der Waals surface area contributed by atoms with Gasteiger partial charge in [-0.25, -0.2) is 0 Å². The Kier molecular flexibility index (Phi) is 2.45. The van der Waals surface area contributed by atoms with Gasteiger partial charge in [0.05, 0.1) is 0 Å². The number of aliphatic imine (C=N–C) groups is 1. The van der Waals surface area contributed by atoms with Crippen molar-refractivity contribution in [1.82, 2.24) is 0 Å². The van der Waals surface area contributed by atoms with Gasteiger partial charge in [0.1, 0.15) is 5.60 Å². The van der Waals surface area contributed by atoms with Gasteiger partial charge in [0.2, 0.25) is 0 Å². The van der Waals surface area contributed by atoms with E-state index in [4.69, 9.17) is 4.74 Å². The fraction of sp³-hybridized carbons (Fsp3) is 0.900. The van der Waals surface area contributed by atoms with Gasteiger partial charge in [-0.1, -0.05) is 20.8 Å². The predicted octanol–water partition coefficient (Wildman–Crippen LogP) is 2.63. The number of hydrogen-bond donors (Lipinski definition) is 0. The summed E-state index contributed by atoms with van der Waals surface area (Å²) in [5.41, 5.74) is 0.347. The molecule has 1 aliphatic heterocycles. The van der Waals surface area contributed by atoms with Crippen LogP contribution in [-0.2, 0) is 4.74 Å². The molecule has 0 aromatic carbocycles. The van der Waals surface area contributed by atoms with Gasteiger partial charge in [-0.2, -0.15) is 0 Å². The van der Waals surface area contributed by atoms with E-state index >= 15 is 0 Å². The van der Waals surface area contributed by atoms with Crippen molar-refractivity contribution < 1.29 is 4.74 Å². The Labute approximate surface area is 75.0 Å². The largest absolute Gasteiger partial charge is 0.477 e. The molecular formula is C10H19NO. The molecular weight excluding hydrogens is 150 g/mol. The third kappa shape index (κ3) is 2.84. The van der Waals surface area contributed by atoms with Gasteiger partial charge in [0.25, 0.3) is 0 Å². The fourth-order valence-electron chi connectivity index (χ4n) is 1.83. The lowest BCUT2D eigenvalue weighted by atomic mass is 9.81. The van der Waals surface area contributed by atoms with E-state index in [9.17, 15) is 0 Å². The highest BCUT2D eigenvalue weighted by Gasteiger charge is 2.32. The number of ether oxygens (including phenoxy) is 1. The Hall–Kier alpha value is -0.530. The van der Waals surface area contributed by atoms with Crippen molar-refractivity contribution in [3.63, 3.8) is 0 Å². The summed E-state index contributed by atoms with van der Waals surface area (Å²) in [5, 5.41) is 0. The van der Waals surface area contributed by atoms with E-state index in [1.807, 2.05) is 0 Å². The molecule has 0 spiro atoms. The van der Waals surface area contributed by atoms with E-state index in [0.29, 0.717) is 5.41 Å². The van der Waals surface area contributed by atoms with Crippen LogP contribution in [0.4, 0.5) is 0 Å². The molecule has 1 rings (SSSR count). The lowest BCUT2D eigenvalue weighted by molar-refractivity contribution is 0.0251. The highest BCUT2D eigenvalue weighted by molar-refractivity contribution is 5.48. The predicted molar refractivity (Wildman–Crippen MR) is 51.5 cm³/mol. The Morgan fingerprint density at radius 2 is 2.17 bits per heavy atom. The van der Waals surface area contributed by atoms with E-state index < -0.39 is 0 Å². The Balaban J connectivity index is 2.54. The second kappa shape index (κ2) is 3.08. The molecule has 0 aromatic heterocycles. The average molecular weight is 169 g/mol. The molecule has 0 amide bonds. The molecule has 2 heteroatoms. The van der Waals surface area contributed by atoms with Crippen molar-refractivity contribution in [2.45, 2.75) is 46.1 Å². The Morgan fingerprint density at radius 3 is 2.58 bits per heavy atom. The molecule has 0 radical (unpaired) electrons. The van der Waals surface area contributed by atoms with Crippen molar-refractivity contribution in [3.05, 3.63) is 0 Å². The van der Waals surface area contributed by atoms with Crippen LogP contribution in [0.3, 0.4) is 0 Å². The van der Waals surface area contributed by atoms with E-state index in [0.717, 1.165) is 19.4 Å². The molecule has 0 saturated heterocycles. The molecule has 0 fully saturated rings. The average Bonchev–Trinajstić information content (AvgIpc) is 1.83. The first kappa shape index (κ1) is 9.56. The topological polar surface area (TPSA) is 21.6 Å². The third-order valence-electron chi connectivity index (χ3n) is 2.09. The van der Waals surface area contributed by atoms with Gasteiger partial charge in [-0.15, -0.1) is 0 Å². The van der Waals surface area contributed by atoms with E-state index in [-0.39, 0.29) is 5.60 Å². The molecule has 2 nitrogen and oxygen atoms in total. The van der Waals surface area contributed by atoms with Gasteiger partial charge in [-0.05, 0) is 18.8 Å². The summed E-state index contributed by atoms with van der Waals surface area (Å²) in [6.45, 7) is 9.81. The summed E-state index contributed by atoms with van der Waals surface area (Å²) < 4.78 is 5.55. The van der Waals surface area contributed by atoms with Gasteiger partial charge >= 0.3 is 0 Å². The van der Waals surface area contributed by atoms with Crippen LogP contribution >= 0.6 is 0 Å². The van der Waals surface area contributed by atoms with Crippen LogP contribution in [-0.4, -0.2) is 18.5 Å². The summed E-state index contributed by atoms with van der Waals surface area (Å²) >= 11 is 0. The monoisotopic (exact) mass is 169 g/mol. The van der Waals surface area contributed by atoms with Crippen LogP contribution in [0.1, 0.15) is 40.5 Å². The molecule has 1 heterocycles. The molecule has 0 aromatic rings. The first-order valence-corrected chi connectivity index (χ1v) is 4.57. The van der Waals surface area contributed by atoms with Gasteiger partial charge in [0, 0.05) is 13.0 Å². The van der Waals surface area contributed by atoms with Crippen molar-refractivity contribution in [1.29, 1.82) is 0 Å². The van der Waals surface area contributed by atoms with Crippen LogP contribution in [0.5, 0.6) is 0 Å². The summed E-state index contributed by atoms with van der Waals surface area (Å²) in [7, 11) is 0. The van der Waals surface area contributed by atoms with Crippen LogP contribution in [0.25, 0.3) is 0 Å². The first-order chi connectivity index (χ1) is 5.41. The standard InChI is InChI=1S/C10H19NO/c1-9(2,3)7-10(4)5-6-11-8-12-10/h8H,5-7H2,1-4H3. The minimum atomic E-state index is 0.0139. The molecule has 0 saturated carbocycles. The molecule has 70 valence electrons. The van der Waals surface area contributed by atoms with Gasteiger partial charge in [-0.3, -0.25) is 4.99 Å². The first-order valence-electron chi connectivity index (χ1n) is 4.57. The number of hydrogen-bond acceptors (Lipinski definition) is 2. The van der Waals surface area contributed by atoms with Crippen molar-refractivity contribution in [2.24, 2.45) is 10.4 Å². The van der Waals surface area contributed by atoms with Crippen LogP contribution in [0, 0.1) is 5.41 Å². The van der Waals surface area contributed by atoms with E-state index in [2.05, 4.69) is 32.7 Å². The van der Waals surface area contributed by atoms with Crippen LogP contribution in [0.2, 0.25) is 0 Å².